The minimum atomic E-state index is 0.652. The first-order valence-electron chi connectivity index (χ1n) is 5.25. The van der Waals surface area contributed by atoms with Crippen LogP contribution in [0.15, 0.2) is 29.0 Å². The fraction of sp³-hybridized carbons (Fsp3) is 0.333. The number of rotatable bonds is 5. The van der Waals surface area contributed by atoms with Crippen LogP contribution in [0.5, 0.6) is 0 Å². The molecule has 0 unspecified atom stereocenters. The third-order valence-electron chi connectivity index (χ3n) is 2.38. The maximum Gasteiger partial charge on any atom is 0.0328 e. The standard InChI is InChI=1S/C12H16N2S2/c1-14(7-10-4-5-15-9-10)8-12-3-2-11(6-13)16-12/h2-5,9H,6-8,13H2,1H3. The quantitative estimate of drug-likeness (QED) is 0.886. The van der Waals surface area contributed by atoms with Crippen molar-refractivity contribution in [3.8, 4) is 0 Å². The van der Waals surface area contributed by atoms with Crippen molar-refractivity contribution >= 4 is 22.7 Å². The van der Waals surface area contributed by atoms with Gasteiger partial charge in [0.2, 0.25) is 0 Å². The molecule has 16 heavy (non-hydrogen) atoms. The summed E-state index contributed by atoms with van der Waals surface area (Å²) >= 11 is 3.56. The highest BCUT2D eigenvalue weighted by Crippen LogP contribution is 2.18. The van der Waals surface area contributed by atoms with E-state index in [4.69, 9.17) is 5.73 Å². The molecule has 0 bridgehead atoms. The summed E-state index contributed by atoms with van der Waals surface area (Å²) in [7, 11) is 2.15. The zero-order valence-corrected chi connectivity index (χ0v) is 11.0. The van der Waals surface area contributed by atoms with E-state index in [1.165, 1.54) is 15.3 Å². The first-order valence-corrected chi connectivity index (χ1v) is 7.01. The fourth-order valence-electron chi connectivity index (χ4n) is 1.63. The van der Waals surface area contributed by atoms with Crippen LogP contribution in [0.3, 0.4) is 0 Å². The molecule has 2 heterocycles. The molecule has 2 rings (SSSR count). The first kappa shape index (κ1) is 11.8. The smallest absolute Gasteiger partial charge is 0.0328 e. The number of hydrogen-bond acceptors (Lipinski definition) is 4. The van der Waals surface area contributed by atoms with Crippen LogP contribution in [-0.2, 0) is 19.6 Å². The highest BCUT2D eigenvalue weighted by Gasteiger charge is 2.04. The Kier molecular flexibility index (Phi) is 4.12. The van der Waals surface area contributed by atoms with Crippen LogP contribution >= 0.6 is 22.7 Å². The lowest BCUT2D eigenvalue weighted by Gasteiger charge is -2.14. The Hall–Kier alpha value is -0.680. The van der Waals surface area contributed by atoms with E-state index in [1.807, 2.05) is 11.3 Å². The summed E-state index contributed by atoms with van der Waals surface area (Å²) in [6, 6.07) is 6.48. The normalized spacial score (nSPS) is 11.2. The van der Waals surface area contributed by atoms with Gasteiger partial charge >= 0.3 is 0 Å². The van der Waals surface area contributed by atoms with E-state index in [2.05, 4.69) is 40.9 Å². The van der Waals surface area contributed by atoms with Gasteiger partial charge in [-0.15, -0.1) is 11.3 Å². The largest absolute Gasteiger partial charge is 0.326 e. The molecule has 0 spiro atoms. The SMILES string of the molecule is CN(Cc1ccsc1)Cc1ccc(CN)s1. The lowest BCUT2D eigenvalue weighted by molar-refractivity contribution is 0.322. The van der Waals surface area contributed by atoms with Gasteiger partial charge in [0, 0.05) is 29.4 Å². The predicted molar refractivity (Wildman–Crippen MR) is 71.7 cm³/mol. The van der Waals surface area contributed by atoms with Crippen molar-refractivity contribution in [1.29, 1.82) is 0 Å². The van der Waals surface area contributed by atoms with Crippen molar-refractivity contribution in [1.82, 2.24) is 4.90 Å². The summed E-state index contributed by atoms with van der Waals surface area (Å²) < 4.78 is 0. The number of thiophene rings is 2. The fourth-order valence-corrected chi connectivity index (χ4v) is 3.27. The first-order chi connectivity index (χ1) is 7.78. The summed E-state index contributed by atoms with van der Waals surface area (Å²) in [5, 5.41) is 4.33. The monoisotopic (exact) mass is 252 g/mol. The Morgan fingerprint density at radius 1 is 1.19 bits per heavy atom. The van der Waals surface area contributed by atoms with Gasteiger partial charge in [-0.3, -0.25) is 4.90 Å². The van der Waals surface area contributed by atoms with Gasteiger partial charge in [-0.2, -0.15) is 11.3 Å². The van der Waals surface area contributed by atoms with Crippen LogP contribution < -0.4 is 5.73 Å². The van der Waals surface area contributed by atoms with Gasteiger partial charge in [-0.05, 0) is 41.6 Å². The molecule has 4 heteroatoms. The summed E-state index contributed by atoms with van der Waals surface area (Å²) in [6.45, 7) is 2.67. The van der Waals surface area contributed by atoms with E-state index in [0.717, 1.165) is 13.1 Å². The van der Waals surface area contributed by atoms with Crippen LogP contribution in [0.4, 0.5) is 0 Å². The molecule has 0 radical (unpaired) electrons. The Morgan fingerprint density at radius 3 is 2.62 bits per heavy atom. The molecule has 86 valence electrons. The molecule has 0 aliphatic rings. The van der Waals surface area contributed by atoms with E-state index >= 15 is 0 Å². The zero-order valence-electron chi connectivity index (χ0n) is 9.35. The van der Waals surface area contributed by atoms with Gasteiger partial charge in [-0.1, -0.05) is 0 Å². The average Bonchev–Trinajstić information content (AvgIpc) is 2.89. The Morgan fingerprint density at radius 2 is 2.00 bits per heavy atom. The van der Waals surface area contributed by atoms with Gasteiger partial charge in [0.25, 0.3) is 0 Å². The summed E-state index contributed by atoms with van der Waals surface area (Å²) in [5.74, 6) is 0. The molecular weight excluding hydrogens is 236 g/mol. The molecule has 2 nitrogen and oxygen atoms in total. The topological polar surface area (TPSA) is 29.3 Å². The van der Waals surface area contributed by atoms with Crippen molar-refractivity contribution in [2.24, 2.45) is 5.73 Å². The minimum absolute atomic E-state index is 0.652. The molecule has 0 fully saturated rings. The average molecular weight is 252 g/mol. The van der Waals surface area contributed by atoms with Gasteiger partial charge < -0.3 is 5.73 Å². The van der Waals surface area contributed by atoms with Gasteiger partial charge in [0.15, 0.2) is 0 Å². The molecule has 0 aromatic carbocycles. The molecular formula is C12H16N2S2. The van der Waals surface area contributed by atoms with Crippen molar-refractivity contribution in [2.75, 3.05) is 7.05 Å². The summed E-state index contributed by atoms with van der Waals surface area (Å²) in [5.41, 5.74) is 6.99. The van der Waals surface area contributed by atoms with E-state index in [0.29, 0.717) is 6.54 Å². The molecule has 2 aromatic heterocycles. The van der Waals surface area contributed by atoms with Gasteiger partial charge in [0.1, 0.15) is 0 Å². The number of nitrogens with zero attached hydrogens (tertiary/aromatic N) is 1. The maximum absolute atomic E-state index is 5.60. The van der Waals surface area contributed by atoms with E-state index in [-0.39, 0.29) is 0 Å². The Balaban J connectivity index is 1.89. The zero-order chi connectivity index (χ0) is 11.4. The van der Waals surface area contributed by atoms with Crippen molar-refractivity contribution in [3.05, 3.63) is 44.3 Å². The van der Waals surface area contributed by atoms with Crippen molar-refractivity contribution in [2.45, 2.75) is 19.6 Å². The van der Waals surface area contributed by atoms with Gasteiger partial charge in [-0.25, -0.2) is 0 Å². The molecule has 0 aliphatic carbocycles. The summed E-state index contributed by atoms with van der Waals surface area (Å²) in [4.78, 5) is 4.98. The van der Waals surface area contributed by atoms with E-state index in [9.17, 15) is 0 Å². The van der Waals surface area contributed by atoms with E-state index < -0.39 is 0 Å². The predicted octanol–water partition coefficient (Wildman–Crippen LogP) is 2.90. The highest BCUT2D eigenvalue weighted by atomic mass is 32.1. The Labute approximate surface area is 104 Å². The molecule has 0 atom stereocenters. The minimum Gasteiger partial charge on any atom is -0.326 e. The van der Waals surface area contributed by atoms with Crippen LogP contribution in [0, 0.1) is 0 Å². The second kappa shape index (κ2) is 5.59. The lowest BCUT2D eigenvalue weighted by atomic mass is 10.3. The van der Waals surface area contributed by atoms with Gasteiger partial charge in [0.05, 0.1) is 0 Å². The molecule has 0 amide bonds. The highest BCUT2D eigenvalue weighted by molar-refractivity contribution is 7.11. The molecule has 0 saturated carbocycles. The number of hydrogen-bond donors (Lipinski definition) is 1. The second-order valence-corrected chi connectivity index (χ2v) is 5.91. The lowest BCUT2D eigenvalue weighted by Crippen LogP contribution is -2.15. The van der Waals surface area contributed by atoms with Crippen LogP contribution in [0.1, 0.15) is 15.3 Å². The van der Waals surface area contributed by atoms with E-state index in [1.54, 1.807) is 11.3 Å². The molecule has 0 aliphatic heterocycles. The second-order valence-electron chi connectivity index (χ2n) is 3.88. The Bertz CT molecular complexity index is 420. The van der Waals surface area contributed by atoms with Crippen LogP contribution in [0.2, 0.25) is 0 Å². The van der Waals surface area contributed by atoms with Crippen molar-refractivity contribution in [3.63, 3.8) is 0 Å². The van der Waals surface area contributed by atoms with Crippen molar-refractivity contribution < 1.29 is 0 Å². The third kappa shape index (κ3) is 3.15. The maximum atomic E-state index is 5.60. The van der Waals surface area contributed by atoms with Crippen LogP contribution in [-0.4, -0.2) is 11.9 Å². The molecule has 2 N–H and O–H groups in total. The third-order valence-corrected chi connectivity index (χ3v) is 4.20. The summed E-state index contributed by atoms with van der Waals surface area (Å²) in [6.07, 6.45) is 0. The molecule has 2 aromatic rings. The molecule has 0 saturated heterocycles. The number of nitrogens with two attached hydrogens (primary N) is 1. The van der Waals surface area contributed by atoms with Crippen LogP contribution in [0.25, 0.3) is 0 Å².